The number of halogens is 2. The molecule has 0 radical (unpaired) electrons. The summed E-state index contributed by atoms with van der Waals surface area (Å²) in [5.74, 6) is -0.186. The van der Waals surface area contributed by atoms with Gasteiger partial charge < -0.3 is 5.32 Å². The molecule has 2 atom stereocenters. The van der Waals surface area contributed by atoms with Crippen LogP contribution in [-0.2, 0) is 6.54 Å². The van der Waals surface area contributed by atoms with Gasteiger partial charge in [-0.25, -0.2) is 4.39 Å². The second kappa shape index (κ2) is 6.30. The Hall–Kier alpha value is -1.20. The van der Waals surface area contributed by atoms with Crippen molar-refractivity contribution in [2.75, 3.05) is 0 Å². The smallest absolute Gasteiger partial charge is 0.128 e. The van der Waals surface area contributed by atoms with E-state index in [-0.39, 0.29) is 17.9 Å². The van der Waals surface area contributed by atoms with Crippen molar-refractivity contribution < 1.29 is 4.39 Å². The SMILES string of the molecule is CC(Cn1cccn1)NC(C)c1cc(Br)ccc1F. The predicted molar refractivity (Wildman–Crippen MR) is 77.3 cm³/mol. The fourth-order valence-electron chi connectivity index (χ4n) is 2.10. The molecule has 3 nitrogen and oxygen atoms in total. The van der Waals surface area contributed by atoms with E-state index in [1.165, 1.54) is 6.07 Å². The maximum Gasteiger partial charge on any atom is 0.128 e. The Bertz CT molecular complexity index is 527. The molecule has 0 spiro atoms. The second-order valence-electron chi connectivity index (χ2n) is 4.68. The van der Waals surface area contributed by atoms with Crippen molar-refractivity contribution in [3.63, 3.8) is 0 Å². The molecule has 0 saturated carbocycles. The molecule has 19 heavy (non-hydrogen) atoms. The first-order valence-electron chi connectivity index (χ1n) is 6.24. The number of nitrogens with one attached hydrogen (secondary N) is 1. The Morgan fingerprint density at radius 1 is 1.42 bits per heavy atom. The summed E-state index contributed by atoms with van der Waals surface area (Å²) in [6, 6.07) is 7.04. The topological polar surface area (TPSA) is 29.9 Å². The molecule has 0 amide bonds. The molecule has 5 heteroatoms. The molecule has 1 heterocycles. The lowest BCUT2D eigenvalue weighted by Gasteiger charge is -2.21. The summed E-state index contributed by atoms with van der Waals surface area (Å²) in [6.07, 6.45) is 3.67. The largest absolute Gasteiger partial charge is 0.306 e. The molecule has 0 aliphatic heterocycles. The molecular formula is C14H17BrFN3. The predicted octanol–water partition coefficient (Wildman–Crippen LogP) is 3.52. The van der Waals surface area contributed by atoms with Crippen LogP contribution in [0.25, 0.3) is 0 Å². The Morgan fingerprint density at radius 2 is 2.21 bits per heavy atom. The molecule has 0 aliphatic rings. The van der Waals surface area contributed by atoms with Gasteiger partial charge in [-0.15, -0.1) is 0 Å². The number of nitrogens with zero attached hydrogens (tertiary/aromatic N) is 2. The third-order valence-corrected chi connectivity index (χ3v) is 3.47. The van der Waals surface area contributed by atoms with E-state index >= 15 is 0 Å². The van der Waals surface area contributed by atoms with Crippen LogP contribution < -0.4 is 5.32 Å². The number of aromatic nitrogens is 2. The van der Waals surface area contributed by atoms with E-state index in [0.29, 0.717) is 5.56 Å². The van der Waals surface area contributed by atoms with Gasteiger partial charge in [0.25, 0.3) is 0 Å². The highest BCUT2D eigenvalue weighted by atomic mass is 79.9. The summed E-state index contributed by atoms with van der Waals surface area (Å²) >= 11 is 3.37. The van der Waals surface area contributed by atoms with Crippen LogP contribution in [0.15, 0.2) is 41.1 Å². The zero-order valence-electron chi connectivity index (χ0n) is 11.0. The summed E-state index contributed by atoms with van der Waals surface area (Å²) in [4.78, 5) is 0. The molecule has 2 unspecified atom stereocenters. The lowest BCUT2D eigenvalue weighted by atomic mass is 10.1. The first-order valence-corrected chi connectivity index (χ1v) is 7.04. The molecule has 0 saturated heterocycles. The van der Waals surface area contributed by atoms with Gasteiger partial charge in [0.15, 0.2) is 0 Å². The summed E-state index contributed by atoms with van der Waals surface area (Å²) in [7, 11) is 0. The van der Waals surface area contributed by atoms with Crippen LogP contribution in [0, 0.1) is 5.82 Å². The van der Waals surface area contributed by atoms with E-state index in [4.69, 9.17) is 0 Å². The van der Waals surface area contributed by atoms with Gasteiger partial charge in [0.05, 0.1) is 6.54 Å². The molecule has 2 rings (SSSR count). The fraction of sp³-hybridized carbons (Fsp3) is 0.357. The van der Waals surface area contributed by atoms with Crippen molar-refractivity contribution >= 4 is 15.9 Å². The van der Waals surface area contributed by atoms with Crippen molar-refractivity contribution in [3.05, 3.63) is 52.5 Å². The van der Waals surface area contributed by atoms with Crippen molar-refractivity contribution in [1.82, 2.24) is 15.1 Å². The number of hydrogen-bond donors (Lipinski definition) is 1. The van der Waals surface area contributed by atoms with Crippen LogP contribution in [0.2, 0.25) is 0 Å². The van der Waals surface area contributed by atoms with Crippen LogP contribution in [0.4, 0.5) is 4.39 Å². The van der Waals surface area contributed by atoms with E-state index in [1.807, 2.05) is 29.9 Å². The zero-order valence-corrected chi connectivity index (χ0v) is 12.6. The highest BCUT2D eigenvalue weighted by molar-refractivity contribution is 9.10. The minimum Gasteiger partial charge on any atom is -0.306 e. The quantitative estimate of drug-likeness (QED) is 0.911. The number of rotatable bonds is 5. The number of benzene rings is 1. The third kappa shape index (κ3) is 3.88. The van der Waals surface area contributed by atoms with Gasteiger partial charge >= 0.3 is 0 Å². The number of hydrogen-bond acceptors (Lipinski definition) is 2. The Labute approximate surface area is 121 Å². The van der Waals surface area contributed by atoms with Crippen molar-refractivity contribution in [2.45, 2.75) is 32.5 Å². The monoisotopic (exact) mass is 325 g/mol. The highest BCUT2D eigenvalue weighted by Gasteiger charge is 2.14. The molecular weight excluding hydrogens is 309 g/mol. The van der Waals surface area contributed by atoms with Gasteiger partial charge in [0.1, 0.15) is 5.82 Å². The van der Waals surface area contributed by atoms with Crippen molar-refractivity contribution in [2.24, 2.45) is 0 Å². The first kappa shape index (κ1) is 14.2. The van der Waals surface area contributed by atoms with Crippen LogP contribution in [0.1, 0.15) is 25.5 Å². The minimum absolute atomic E-state index is 0.0527. The molecule has 102 valence electrons. The summed E-state index contributed by atoms with van der Waals surface area (Å²) in [5, 5.41) is 7.54. The van der Waals surface area contributed by atoms with Crippen LogP contribution >= 0.6 is 15.9 Å². The van der Waals surface area contributed by atoms with Crippen molar-refractivity contribution in [3.8, 4) is 0 Å². The Balaban J connectivity index is 2.00. The van der Waals surface area contributed by atoms with Gasteiger partial charge in [-0.1, -0.05) is 15.9 Å². The molecule has 0 aliphatic carbocycles. The molecule has 0 fully saturated rings. The first-order chi connectivity index (χ1) is 9.06. The Kier molecular flexibility index (Phi) is 4.71. The maximum absolute atomic E-state index is 13.8. The average molecular weight is 326 g/mol. The van der Waals surface area contributed by atoms with E-state index in [2.05, 4.69) is 33.3 Å². The van der Waals surface area contributed by atoms with Gasteiger partial charge in [0, 0.05) is 34.5 Å². The van der Waals surface area contributed by atoms with E-state index in [0.717, 1.165) is 11.0 Å². The van der Waals surface area contributed by atoms with Gasteiger partial charge in [-0.05, 0) is 38.1 Å². The second-order valence-corrected chi connectivity index (χ2v) is 5.60. The maximum atomic E-state index is 13.8. The summed E-state index contributed by atoms with van der Waals surface area (Å²) in [5.41, 5.74) is 0.668. The third-order valence-electron chi connectivity index (χ3n) is 2.98. The van der Waals surface area contributed by atoms with Gasteiger partial charge in [0.2, 0.25) is 0 Å². The van der Waals surface area contributed by atoms with Crippen LogP contribution in [0.3, 0.4) is 0 Å². The van der Waals surface area contributed by atoms with Crippen LogP contribution in [-0.4, -0.2) is 15.8 Å². The molecule has 0 bridgehead atoms. The fourth-order valence-corrected chi connectivity index (χ4v) is 2.48. The van der Waals surface area contributed by atoms with E-state index in [1.54, 1.807) is 12.3 Å². The molecule has 1 aromatic carbocycles. The highest BCUT2D eigenvalue weighted by Crippen LogP contribution is 2.21. The van der Waals surface area contributed by atoms with Crippen molar-refractivity contribution in [1.29, 1.82) is 0 Å². The summed E-state index contributed by atoms with van der Waals surface area (Å²) in [6.45, 7) is 4.78. The normalized spacial score (nSPS) is 14.3. The standard InChI is InChI=1S/C14H17BrFN3/c1-10(9-19-7-3-6-17-19)18-11(2)13-8-12(15)4-5-14(13)16/h3-8,10-11,18H,9H2,1-2H3. The molecule has 1 N–H and O–H groups in total. The van der Waals surface area contributed by atoms with Gasteiger partial charge in [-0.3, -0.25) is 4.68 Å². The van der Waals surface area contributed by atoms with E-state index < -0.39 is 0 Å². The Morgan fingerprint density at radius 3 is 2.89 bits per heavy atom. The van der Waals surface area contributed by atoms with E-state index in [9.17, 15) is 4.39 Å². The minimum atomic E-state index is -0.186. The molecule has 1 aromatic heterocycles. The zero-order chi connectivity index (χ0) is 13.8. The summed E-state index contributed by atoms with van der Waals surface area (Å²) < 4.78 is 16.5. The lowest BCUT2D eigenvalue weighted by Crippen LogP contribution is -2.33. The lowest BCUT2D eigenvalue weighted by molar-refractivity contribution is 0.405. The van der Waals surface area contributed by atoms with Gasteiger partial charge in [-0.2, -0.15) is 5.10 Å². The molecule has 2 aromatic rings. The average Bonchev–Trinajstić information content (AvgIpc) is 2.84. The van der Waals surface area contributed by atoms with Crippen LogP contribution in [0.5, 0.6) is 0 Å².